The molecule has 7 nitrogen and oxygen atoms in total. The highest BCUT2D eigenvalue weighted by molar-refractivity contribution is 7.92. The Morgan fingerprint density at radius 1 is 1.00 bits per heavy atom. The summed E-state index contributed by atoms with van der Waals surface area (Å²) in [5.41, 5.74) is 2.24. The first-order valence-electron chi connectivity index (χ1n) is 10.4. The molecule has 2 aromatic rings. The lowest BCUT2D eigenvalue weighted by Crippen LogP contribution is -2.51. The van der Waals surface area contributed by atoms with E-state index in [1.807, 2.05) is 19.1 Å². The van der Waals surface area contributed by atoms with Crippen molar-refractivity contribution in [3.05, 3.63) is 64.7 Å². The number of nitrogens with one attached hydrogen (secondary N) is 1. The van der Waals surface area contributed by atoms with Gasteiger partial charge in [-0.25, -0.2) is 8.42 Å². The summed E-state index contributed by atoms with van der Waals surface area (Å²) in [6.45, 7) is 3.55. The van der Waals surface area contributed by atoms with Crippen molar-refractivity contribution >= 4 is 39.1 Å². The third-order valence-corrected chi connectivity index (χ3v) is 6.60. The summed E-state index contributed by atoms with van der Waals surface area (Å²) in [5, 5.41) is 3.15. The minimum atomic E-state index is -3.73. The third kappa shape index (κ3) is 6.71. The van der Waals surface area contributed by atoms with E-state index in [2.05, 4.69) is 5.32 Å². The fourth-order valence-electron chi connectivity index (χ4n) is 3.38. The standard InChI is InChI=1S/C23H30ClN3O4S/c1-5-17-9-13-20(14-10-17)27(32(4,30)31)16-22(28)26(21(6-2)23(29)25-3)15-18-7-11-19(24)12-8-18/h7-14,21H,5-6,15-16H2,1-4H3,(H,25,29). The average molecular weight is 480 g/mol. The first-order chi connectivity index (χ1) is 15.1. The van der Waals surface area contributed by atoms with Crippen molar-refractivity contribution < 1.29 is 18.0 Å². The maximum atomic E-state index is 13.4. The number of halogens is 1. The molecule has 32 heavy (non-hydrogen) atoms. The van der Waals surface area contributed by atoms with Crippen LogP contribution in [0.2, 0.25) is 5.02 Å². The Balaban J connectivity index is 2.39. The van der Waals surface area contributed by atoms with Crippen molar-refractivity contribution in [1.29, 1.82) is 0 Å². The van der Waals surface area contributed by atoms with Crippen molar-refractivity contribution in [3.63, 3.8) is 0 Å². The zero-order valence-electron chi connectivity index (χ0n) is 18.8. The van der Waals surface area contributed by atoms with Crippen molar-refractivity contribution in [2.24, 2.45) is 0 Å². The van der Waals surface area contributed by atoms with Crippen molar-refractivity contribution in [1.82, 2.24) is 10.2 Å². The van der Waals surface area contributed by atoms with Gasteiger partial charge in [0.15, 0.2) is 0 Å². The quantitative estimate of drug-likeness (QED) is 0.566. The fourth-order valence-corrected chi connectivity index (χ4v) is 4.36. The number of aryl methyl sites for hydroxylation is 1. The summed E-state index contributed by atoms with van der Waals surface area (Å²) in [6.07, 6.45) is 2.26. The van der Waals surface area contributed by atoms with Gasteiger partial charge in [-0.3, -0.25) is 13.9 Å². The fraction of sp³-hybridized carbons (Fsp3) is 0.391. The van der Waals surface area contributed by atoms with Crippen LogP contribution in [0.25, 0.3) is 0 Å². The average Bonchev–Trinajstić information content (AvgIpc) is 2.77. The highest BCUT2D eigenvalue weighted by Crippen LogP contribution is 2.21. The number of rotatable bonds is 10. The molecule has 2 aromatic carbocycles. The third-order valence-electron chi connectivity index (χ3n) is 5.21. The SMILES string of the molecule is CCc1ccc(N(CC(=O)N(Cc2ccc(Cl)cc2)C(CC)C(=O)NC)S(C)(=O)=O)cc1. The second-order valence-electron chi connectivity index (χ2n) is 7.48. The predicted octanol–water partition coefficient (Wildman–Crippen LogP) is 3.22. The van der Waals surface area contributed by atoms with Crippen LogP contribution in [0, 0.1) is 0 Å². The van der Waals surface area contributed by atoms with Gasteiger partial charge in [0.05, 0.1) is 11.9 Å². The van der Waals surface area contributed by atoms with Gasteiger partial charge < -0.3 is 10.2 Å². The van der Waals surface area contributed by atoms with Crippen LogP contribution in [0.3, 0.4) is 0 Å². The first kappa shape index (κ1) is 25.7. The lowest BCUT2D eigenvalue weighted by Gasteiger charge is -2.32. The molecule has 2 rings (SSSR count). The molecule has 0 heterocycles. The highest BCUT2D eigenvalue weighted by atomic mass is 35.5. The van der Waals surface area contributed by atoms with Crippen LogP contribution >= 0.6 is 11.6 Å². The molecule has 0 aliphatic rings. The van der Waals surface area contributed by atoms with Crippen LogP contribution < -0.4 is 9.62 Å². The Bertz CT molecular complexity index is 1020. The lowest BCUT2D eigenvalue weighted by molar-refractivity contribution is -0.140. The van der Waals surface area contributed by atoms with Gasteiger partial charge in [0.1, 0.15) is 12.6 Å². The minimum Gasteiger partial charge on any atom is -0.357 e. The molecule has 1 N–H and O–H groups in total. The van der Waals surface area contributed by atoms with E-state index in [-0.39, 0.29) is 12.5 Å². The summed E-state index contributed by atoms with van der Waals surface area (Å²) >= 11 is 5.96. The zero-order valence-corrected chi connectivity index (χ0v) is 20.4. The Hall–Kier alpha value is -2.58. The molecule has 0 radical (unpaired) electrons. The van der Waals surface area contributed by atoms with Gasteiger partial charge in [0.25, 0.3) is 0 Å². The summed E-state index contributed by atoms with van der Waals surface area (Å²) in [4.78, 5) is 27.3. The minimum absolute atomic E-state index is 0.147. The number of nitrogens with zero attached hydrogens (tertiary/aromatic N) is 2. The van der Waals surface area contributed by atoms with Crippen LogP contribution in [0.15, 0.2) is 48.5 Å². The second-order valence-corrected chi connectivity index (χ2v) is 9.82. The molecule has 0 aromatic heterocycles. The largest absolute Gasteiger partial charge is 0.357 e. The van der Waals surface area contributed by atoms with Crippen LogP contribution in [0.5, 0.6) is 0 Å². The Kier molecular flexibility index (Phi) is 9.09. The molecule has 174 valence electrons. The molecule has 1 unspecified atom stereocenters. The van der Waals surface area contributed by atoms with E-state index >= 15 is 0 Å². The van der Waals surface area contributed by atoms with Gasteiger partial charge in [-0.15, -0.1) is 0 Å². The second kappa shape index (κ2) is 11.3. The number of hydrogen-bond acceptors (Lipinski definition) is 4. The van der Waals surface area contributed by atoms with Crippen LogP contribution in [0.1, 0.15) is 31.4 Å². The summed E-state index contributed by atoms with van der Waals surface area (Å²) in [6, 6.07) is 13.3. The number of likely N-dealkylation sites (N-methyl/N-ethyl adjacent to an activating group) is 1. The molecule has 0 fully saturated rings. The highest BCUT2D eigenvalue weighted by Gasteiger charge is 2.31. The molecule has 1 atom stereocenters. The topological polar surface area (TPSA) is 86.8 Å². The van der Waals surface area contributed by atoms with E-state index in [1.165, 1.54) is 11.9 Å². The summed E-state index contributed by atoms with van der Waals surface area (Å²) in [7, 11) is -2.23. The normalized spacial score (nSPS) is 12.2. The summed E-state index contributed by atoms with van der Waals surface area (Å²) in [5.74, 6) is -0.784. The first-order valence-corrected chi connectivity index (χ1v) is 12.7. The number of anilines is 1. The van der Waals surface area contributed by atoms with Gasteiger partial charge in [0, 0.05) is 18.6 Å². The van der Waals surface area contributed by atoms with E-state index < -0.39 is 28.5 Å². The van der Waals surface area contributed by atoms with E-state index in [1.54, 1.807) is 43.3 Å². The van der Waals surface area contributed by atoms with Gasteiger partial charge >= 0.3 is 0 Å². The zero-order chi connectivity index (χ0) is 23.9. The van der Waals surface area contributed by atoms with Crippen molar-refractivity contribution in [3.8, 4) is 0 Å². The molecule has 0 spiro atoms. The molecule has 2 amide bonds. The Morgan fingerprint density at radius 3 is 2.03 bits per heavy atom. The van der Waals surface area contributed by atoms with E-state index in [4.69, 9.17) is 11.6 Å². The summed E-state index contributed by atoms with van der Waals surface area (Å²) < 4.78 is 26.1. The molecular weight excluding hydrogens is 450 g/mol. The van der Waals surface area contributed by atoms with E-state index in [9.17, 15) is 18.0 Å². The van der Waals surface area contributed by atoms with Crippen LogP contribution in [0.4, 0.5) is 5.69 Å². The lowest BCUT2D eigenvalue weighted by atomic mass is 10.1. The number of carbonyl (C=O) groups is 2. The number of benzene rings is 2. The number of sulfonamides is 1. The van der Waals surface area contributed by atoms with Gasteiger partial charge in [0.2, 0.25) is 21.8 Å². The van der Waals surface area contributed by atoms with Gasteiger partial charge in [-0.1, -0.05) is 49.7 Å². The molecule has 0 aliphatic heterocycles. The number of amides is 2. The maximum Gasteiger partial charge on any atom is 0.244 e. The van der Waals surface area contributed by atoms with Crippen LogP contribution in [-0.4, -0.2) is 51.0 Å². The number of hydrogen-bond donors (Lipinski definition) is 1. The number of carbonyl (C=O) groups excluding carboxylic acids is 2. The van der Waals surface area contributed by atoms with Gasteiger partial charge in [-0.2, -0.15) is 0 Å². The molecule has 0 saturated heterocycles. The maximum absolute atomic E-state index is 13.4. The van der Waals surface area contributed by atoms with E-state index in [0.717, 1.165) is 28.1 Å². The smallest absolute Gasteiger partial charge is 0.244 e. The van der Waals surface area contributed by atoms with Crippen LogP contribution in [-0.2, 0) is 32.6 Å². The van der Waals surface area contributed by atoms with Crippen molar-refractivity contribution in [2.75, 3.05) is 24.2 Å². The molecule has 0 saturated carbocycles. The molecule has 9 heteroatoms. The monoisotopic (exact) mass is 479 g/mol. The Morgan fingerprint density at radius 2 is 1.56 bits per heavy atom. The van der Waals surface area contributed by atoms with Crippen molar-refractivity contribution in [2.45, 2.75) is 39.3 Å². The Labute approximate surface area is 195 Å². The van der Waals surface area contributed by atoms with Gasteiger partial charge in [-0.05, 0) is 48.2 Å². The molecule has 0 aliphatic carbocycles. The molecule has 0 bridgehead atoms. The molecular formula is C23H30ClN3O4S. The van der Waals surface area contributed by atoms with E-state index in [0.29, 0.717) is 17.1 Å². The predicted molar refractivity (Wildman–Crippen MR) is 128 cm³/mol.